The van der Waals surface area contributed by atoms with Crippen LogP contribution in [0.3, 0.4) is 0 Å². The molecule has 1 aliphatic carbocycles. The van der Waals surface area contributed by atoms with E-state index in [4.69, 9.17) is 4.74 Å². The molecule has 2 aliphatic rings. The SMILES string of the molecule is [CH2]CC(C1CC1)N1CCN(Cc2ccccc2OC)CC1. The van der Waals surface area contributed by atoms with Gasteiger partial charge >= 0.3 is 0 Å². The van der Waals surface area contributed by atoms with Crippen molar-refractivity contribution in [3.63, 3.8) is 0 Å². The van der Waals surface area contributed by atoms with E-state index >= 15 is 0 Å². The maximum absolute atomic E-state index is 5.46. The molecule has 3 heteroatoms. The number of ether oxygens (including phenoxy) is 1. The maximum Gasteiger partial charge on any atom is 0.123 e. The summed E-state index contributed by atoms with van der Waals surface area (Å²) in [6.45, 7) is 9.84. The molecule has 1 radical (unpaired) electrons. The summed E-state index contributed by atoms with van der Waals surface area (Å²) in [6.07, 6.45) is 3.90. The van der Waals surface area contributed by atoms with Crippen LogP contribution in [0, 0.1) is 12.8 Å². The molecule has 0 N–H and O–H groups in total. The molecule has 1 heterocycles. The maximum atomic E-state index is 5.46. The first kappa shape index (κ1) is 14.9. The fraction of sp³-hybridized carbons (Fsp3) is 0.611. The van der Waals surface area contributed by atoms with Gasteiger partial charge in [0.25, 0.3) is 0 Å². The van der Waals surface area contributed by atoms with Gasteiger partial charge in [-0.1, -0.05) is 25.1 Å². The highest BCUT2D eigenvalue weighted by molar-refractivity contribution is 5.33. The summed E-state index contributed by atoms with van der Waals surface area (Å²) in [4.78, 5) is 5.21. The fourth-order valence-electron chi connectivity index (χ4n) is 3.53. The van der Waals surface area contributed by atoms with Crippen molar-refractivity contribution in [1.29, 1.82) is 0 Å². The average Bonchev–Trinajstić information content (AvgIpc) is 3.35. The summed E-state index contributed by atoms with van der Waals surface area (Å²) in [5.74, 6) is 1.94. The molecule has 0 amide bonds. The minimum absolute atomic E-state index is 0.735. The van der Waals surface area contributed by atoms with E-state index in [0.29, 0.717) is 0 Å². The van der Waals surface area contributed by atoms with Crippen molar-refractivity contribution in [2.24, 2.45) is 5.92 Å². The van der Waals surface area contributed by atoms with E-state index in [0.717, 1.165) is 43.8 Å². The smallest absolute Gasteiger partial charge is 0.123 e. The second-order valence-electron chi connectivity index (χ2n) is 6.32. The van der Waals surface area contributed by atoms with Gasteiger partial charge in [0.05, 0.1) is 7.11 Å². The van der Waals surface area contributed by atoms with Gasteiger partial charge in [-0.15, -0.1) is 0 Å². The topological polar surface area (TPSA) is 15.7 Å². The zero-order chi connectivity index (χ0) is 14.7. The quantitative estimate of drug-likeness (QED) is 0.800. The van der Waals surface area contributed by atoms with Gasteiger partial charge in [-0.25, -0.2) is 0 Å². The van der Waals surface area contributed by atoms with E-state index < -0.39 is 0 Å². The number of hydrogen-bond donors (Lipinski definition) is 0. The van der Waals surface area contributed by atoms with Crippen LogP contribution in [-0.4, -0.2) is 49.1 Å². The van der Waals surface area contributed by atoms with Gasteiger partial charge in [0, 0.05) is 44.3 Å². The highest BCUT2D eigenvalue weighted by Crippen LogP contribution is 2.37. The molecule has 0 spiro atoms. The summed E-state index contributed by atoms with van der Waals surface area (Å²) in [5, 5.41) is 0. The van der Waals surface area contributed by atoms with E-state index in [1.165, 1.54) is 31.5 Å². The van der Waals surface area contributed by atoms with Crippen molar-refractivity contribution in [2.45, 2.75) is 31.8 Å². The summed E-state index contributed by atoms with van der Waals surface area (Å²) in [5.41, 5.74) is 1.30. The van der Waals surface area contributed by atoms with Crippen molar-refractivity contribution in [1.82, 2.24) is 9.80 Å². The van der Waals surface area contributed by atoms with Gasteiger partial charge in [-0.3, -0.25) is 9.80 Å². The Morgan fingerprint density at radius 1 is 1.19 bits per heavy atom. The lowest BCUT2D eigenvalue weighted by molar-refractivity contribution is 0.0830. The number of hydrogen-bond acceptors (Lipinski definition) is 3. The van der Waals surface area contributed by atoms with Gasteiger partial charge in [0.15, 0.2) is 0 Å². The number of rotatable bonds is 6. The normalized spacial score (nSPS) is 22.2. The third-order valence-electron chi connectivity index (χ3n) is 4.92. The Morgan fingerprint density at radius 3 is 2.52 bits per heavy atom. The second kappa shape index (κ2) is 6.80. The first-order valence-corrected chi connectivity index (χ1v) is 8.19. The largest absolute Gasteiger partial charge is 0.496 e. The molecule has 1 atom stereocenters. The Bertz CT molecular complexity index is 450. The molecule has 3 nitrogen and oxygen atoms in total. The lowest BCUT2D eigenvalue weighted by atomic mass is 10.1. The second-order valence-corrected chi connectivity index (χ2v) is 6.32. The molecule has 0 aromatic heterocycles. The molecule has 3 rings (SSSR count). The zero-order valence-electron chi connectivity index (χ0n) is 13.1. The molecule has 21 heavy (non-hydrogen) atoms. The lowest BCUT2D eigenvalue weighted by Gasteiger charge is -2.39. The van der Waals surface area contributed by atoms with Gasteiger partial charge in [-0.2, -0.15) is 0 Å². The van der Waals surface area contributed by atoms with Crippen LogP contribution < -0.4 is 4.74 Å². The first-order chi connectivity index (χ1) is 10.3. The van der Waals surface area contributed by atoms with Crippen molar-refractivity contribution in [3.8, 4) is 5.75 Å². The number of methoxy groups -OCH3 is 1. The molecular weight excluding hydrogens is 260 g/mol. The van der Waals surface area contributed by atoms with Gasteiger partial charge < -0.3 is 4.74 Å². The van der Waals surface area contributed by atoms with Crippen LogP contribution in [0.1, 0.15) is 24.8 Å². The Balaban J connectivity index is 1.53. The highest BCUT2D eigenvalue weighted by Gasteiger charge is 2.35. The van der Waals surface area contributed by atoms with Gasteiger partial charge in [-0.05, 0) is 31.2 Å². The predicted molar refractivity (Wildman–Crippen MR) is 86.3 cm³/mol. The van der Waals surface area contributed by atoms with Crippen LogP contribution in [0.25, 0.3) is 0 Å². The summed E-state index contributed by atoms with van der Waals surface area (Å²) in [6, 6.07) is 9.10. The molecule has 115 valence electrons. The predicted octanol–water partition coefficient (Wildman–Crippen LogP) is 2.82. The molecular formula is C18H27N2O. The van der Waals surface area contributed by atoms with Crippen molar-refractivity contribution < 1.29 is 4.74 Å². The number of nitrogens with zero attached hydrogens (tertiary/aromatic N) is 2. The molecule has 1 saturated carbocycles. The third-order valence-corrected chi connectivity index (χ3v) is 4.92. The molecule has 1 aliphatic heterocycles. The molecule has 0 bridgehead atoms. The van der Waals surface area contributed by atoms with Gasteiger partial charge in [0.1, 0.15) is 5.75 Å². The lowest BCUT2D eigenvalue weighted by Crippen LogP contribution is -2.50. The first-order valence-electron chi connectivity index (χ1n) is 8.19. The zero-order valence-corrected chi connectivity index (χ0v) is 13.1. The van der Waals surface area contributed by atoms with Crippen LogP contribution in [0.2, 0.25) is 0 Å². The van der Waals surface area contributed by atoms with E-state index in [1.54, 1.807) is 7.11 Å². The van der Waals surface area contributed by atoms with Crippen LogP contribution in [-0.2, 0) is 6.54 Å². The van der Waals surface area contributed by atoms with E-state index in [2.05, 4.69) is 34.9 Å². The van der Waals surface area contributed by atoms with Crippen LogP contribution in [0.4, 0.5) is 0 Å². The monoisotopic (exact) mass is 287 g/mol. The highest BCUT2D eigenvalue weighted by atomic mass is 16.5. The summed E-state index contributed by atoms with van der Waals surface area (Å²) < 4.78 is 5.46. The van der Waals surface area contributed by atoms with Crippen molar-refractivity contribution in [3.05, 3.63) is 36.8 Å². The van der Waals surface area contributed by atoms with Gasteiger partial charge in [0.2, 0.25) is 0 Å². The molecule has 2 fully saturated rings. The fourth-order valence-corrected chi connectivity index (χ4v) is 3.53. The molecule has 1 aromatic carbocycles. The van der Waals surface area contributed by atoms with E-state index in [-0.39, 0.29) is 0 Å². The van der Waals surface area contributed by atoms with Crippen molar-refractivity contribution >= 4 is 0 Å². The Labute approximate surface area is 128 Å². The summed E-state index contributed by atoms with van der Waals surface area (Å²) >= 11 is 0. The van der Waals surface area contributed by atoms with Crippen LogP contribution in [0.5, 0.6) is 5.75 Å². The Hall–Kier alpha value is -1.06. The minimum Gasteiger partial charge on any atom is -0.496 e. The third kappa shape index (κ3) is 3.58. The van der Waals surface area contributed by atoms with E-state index in [1.807, 2.05) is 6.07 Å². The van der Waals surface area contributed by atoms with Crippen LogP contribution >= 0.6 is 0 Å². The summed E-state index contributed by atoms with van der Waals surface area (Å²) in [7, 11) is 1.76. The number of para-hydroxylation sites is 1. The Morgan fingerprint density at radius 2 is 1.90 bits per heavy atom. The number of benzene rings is 1. The Kier molecular flexibility index (Phi) is 4.81. The average molecular weight is 287 g/mol. The van der Waals surface area contributed by atoms with Crippen molar-refractivity contribution in [2.75, 3.05) is 33.3 Å². The molecule has 1 saturated heterocycles. The standard InChI is InChI=1S/C18H27N2O/c1-3-17(15-8-9-15)20-12-10-19(11-13-20)14-16-6-4-5-7-18(16)21-2/h4-7,15,17H,1,3,8-14H2,2H3. The number of piperazine rings is 1. The minimum atomic E-state index is 0.735. The molecule has 1 unspecified atom stereocenters. The van der Waals surface area contributed by atoms with Crippen LogP contribution in [0.15, 0.2) is 24.3 Å². The van der Waals surface area contributed by atoms with E-state index in [9.17, 15) is 0 Å². The molecule has 1 aromatic rings.